The molecular formula is C13H10ClFN2O3S. The number of nitrogens with one attached hydrogen (secondary N) is 1. The minimum Gasteiger partial charge on any atom is -0.481 e. The van der Waals surface area contributed by atoms with Crippen LogP contribution in [0, 0.1) is 5.82 Å². The van der Waals surface area contributed by atoms with Crippen LogP contribution < -0.4 is 5.32 Å². The number of benzene rings is 1. The largest absolute Gasteiger partial charge is 0.481 e. The lowest BCUT2D eigenvalue weighted by Gasteiger charge is -2.15. The van der Waals surface area contributed by atoms with Crippen molar-refractivity contribution in [3.63, 3.8) is 0 Å². The fraction of sp³-hybridized carbons (Fsp3) is 0.154. The molecule has 5 nitrogen and oxygen atoms in total. The first kappa shape index (κ1) is 15.4. The average Bonchev–Trinajstić information content (AvgIpc) is 2.90. The molecule has 0 fully saturated rings. The van der Waals surface area contributed by atoms with Crippen molar-refractivity contribution in [1.82, 2.24) is 10.3 Å². The van der Waals surface area contributed by atoms with E-state index in [1.807, 2.05) is 0 Å². The molecule has 1 heterocycles. The number of amides is 1. The molecule has 2 rings (SSSR count). The number of carbonyl (C=O) groups excluding carboxylic acids is 1. The van der Waals surface area contributed by atoms with Crippen molar-refractivity contribution in [2.75, 3.05) is 0 Å². The summed E-state index contributed by atoms with van der Waals surface area (Å²) in [5.74, 6) is -2.65. The van der Waals surface area contributed by atoms with Crippen LogP contribution >= 0.6 is 22.9 Å². The van der Waals surface area contributed by atoms with Crippen LogP contribution in [0.5, 0.6) is 0 Å². The highest BCUT2D eigenvalue weighted by Crippen LogP contribution is 2.23. The van der Waals surface area contributed by atoms with Gasteiger partial charge < -0.3 is 10.4 Å². The Bertz CT molecular complexity index is 643. The Labute approximate surface area is 128 Å². The van der Waals surface area contributed by atoms with Crippen molar-refractivity contribution in [2.45, 2.75) is 12.5 Å². The number of carboxylic acid groups (broad SMARTS) is 1. The fourth-order valence-corrected chi connectivity index (χ4v) is 2.66. The summed E-state index contributed by atoms with van der Waals surface area (Å²) in [6, 6.07) is 3.03. The third-order valence-corrected chi connectivity index (χ3v) is 3.83. The molecule has 0 saturated heterocycles. The van der Waals surface area contributed by atoms with Gasteiger partial charge in [-0.1, -0.05) is 17.7 Å². The van der Waals surface area contributed by atoms with Crippen LogP contribution in [0.15, 0.2) is 29.8 Å². The SMILES string of the molecule is O=C(O)CC(NC(=O)c1c(F)cccc1Cl)c1nccs1. The van der Waals surface area contributed by atoms with E-state index in [-0.39, 0.29) is 17.0 Å². The maximum absolute atomic E-state index is 13.7. The highest BCUT2D eigenvalue weighted by molar-refractivity contribution is 7.09. The summed E-state index contributed by atoms with van der Waals surface area (Å²) in [7, 11) is 0. The van der Waals surface area contributed by atoms with E-state index in [0.29, 0.717) is 5.01 Å². The smallest absolute Gasteiger partial charge is 0.305 e. The number of carboxylic acids is 1. The Balaban J connectivity index is 2.24. The number of rotatable bonds is 5. The highest BCUT2D eigenvalue weighted by atomic mass is 35.5. The van der Waals surface area contributed by atoms with E-state index in [1.54, 1.807) is 5.38 Å². The van der Waals surface area contributed by atoms with Gasteiger partial charge in [-0.05, 0) is 12.1 Å². The van der Waals surface area contributed by atoms with Crippen molar-refractivity contribution in [1.29, 1.82) is 0 Å². The van der Waals surface area contributed by atoms with Gasteiger partial charge in [0.25, 0.3) is 5.91 Å². The van der Waals surface area contributed by atoms with Crippen molar-refractivity contribution in [3.8, 4) is 0 Å². The van der Waals surface area contributed by atoms with Crippen LogP contribution in [-0.4, -0.2) is 22.0 Å². The molecule has 0 saturated carbocycles. The minimum atomic E-state index is -1.10. The third-order valence-electron chi connectivity index (χ3n) is 2.62. The molecule has 0 aliphatic rings. The molecule has 1 atom stereocenters. The van der Waals surface area contributed by atoms with Gasteiger partial charge in [0.05, 0.1) is 23.0 Å². The summed E-state index contributed by atoms with van der Waals surface area (Å²) >= 11 is 7.01. The molecule has 0 aliphatic carbocycles. The van der Waals surface area contributed by atoms with Gasteiger partial charge in [0, 0.05) is 11.6 Å². The molecule has 110 valence electrons. The molecule has 0 bridgehead atoms. The molecule has 21 heavy (non-hydrogen) atoms. The first-order chi connectivity index (χ1) is 9.99. The molecule has 1 aromatic carbocycles. The lowest BCUT2D eigenvalue weighted by molar-refractivity contribution is -0.137. The Morgan fingerprint density at radius 1 is 1.48 bits per heavy atom. The van der Waals surface area contributed by atoms with Gasteiger partial charge in [-0.25, -0.2) is 9.37 Å². The Kier molecular flexibility index (Phi) is 4.87. The second kappa shape index (κ2) is 6.64. The maximum atomic E-state index is 13.7. The maximum Gasteiger partial charge on any atom is 0.305 e. The van der Waals surface area contributed by atoms with E-state index in [0.717, 1.165) is 6.07 Å². The number of carbonyl (C=O) groups is 2. The van der Waals surface area contributed by atoms with Crippen molar-refractivity contribution < 1.29 is 19.1 Å². The summed E-state index contributed by atoms with van der Waals surface area (Å²) in [6.07, 6.45) is 1.14. The monoisotopic (exact) mass is 328 g/mol. The third kappa shape index (κ3) is 3.77. The lowest BCUT2D eigenvalue weighted by atomic mass is 10.1. The van der Waals surface area contributed by atoms with E-state index >= 15 is 0 Å². The second-order valence-electron chi connectivity index (χ2n) is 4.09. The Hall–Kier alpha value is -1.99. The molecule has 2 N–H and O–H groups in total. The van der Waals surface area contributed by atoms with Crippen molar-refractivity contribution in [2.24, 2.45) is 0 Å². The Morgan fingerprint density at radius 3 is 2.81 bits per heavy atom. The van der Waals surface area contributed by atoms with Crippen LogP contribution in [-0.2, 0) is 4.79 Å². The summed E-state index contributed by atoms with van der Waals surface area (Å²) < 4.78 is 13.7. The zero-order valence-electron chi connectivity index (χ0n) is 10.5. The molecule has 1 aromatic heterocycles. The fourth-order valence-electron chi connectivity index (χ4n) is 1.73. The standard InChI is InChI=1S/C13H10ClFN2O3S/c14-7-2-1-3-8(15)11(7)12(20)17-9(6-10(18)19)13-16-4-5-21-13/h1-5,9H,6H2,(H,17,20)(H,18,19). The minimum absolute atomic E-state index is 0.0410. The van der Waals surface area contributed by atoms with Crippen LogP contribution in [0.2, 0.25) is 5.02 Å². The van der Waals surface area contributed by atoms with E-state index < -0.39 is 23.7 Å². The van der Waals surface area contributed by atoms with Gasteiger partial charge in [-0.2, -0.15) is 0 Å². The number of nitrogens with zero attached hydrogens (tertiary/aromatic N) is 1. The van der Waals surface area contributed by atoms with Gasteiger partial charge in [0.15, 0.2) is 0 Å². The van der Waals surface area contributed by atoms with Crippen LogP contribution in [0.3, 0.4) is 0 Å². The molecule has 0 aliphatic heterocycles. The molecule has 1 amide bonds. The molecule has 2 aromatic rings. The topological polar surface area (TPSA) is 79.3 Å². The predicted octanol–water partition coefficient (Wildman–Crippen LogP) is 2.88. The van der Waals surface area contributed by atoms with E-state index in [4.69, 9.17) is 16.7 Å². The molecule has 1 unspecified atom stereocenters. The number of aliphatic carboxylic acids is 1. The van der Waals surface area contributed by atoms with Gasteiger partial charge in [-0.3, -0.25) is 9.59 Å². The molecule has 0 radical (unpaired) electrons. The number of aromatic nitrogens is 1. The summed E-state index contributed by atoms with van der Waals surface area (Å²) in [4.78, 5) is 27.0. The summed E-state index contributed by atoms with van der Waals surface area (Å²) in [5.41, 5.74) is -0.314. The van der Waals surface area contributed by atoms with Gasteiger partial charge in [-0.15, -0.1) is 11.3 Å². The van der Waals surface area contributed by atoms with Gasteiger partial charge in [0.2, 0.25) is 0 Å². The first-order valence-corrected chi connectivity index (χ1v) is 7.11. The van der Waals surface area contributed by atoms with E-state index in [9.17, 15) is 14.0 Å². The zero-order chi connectivity index (χ0) is 15.4. The summed E-state index contributed by atoms with van der Waals surface area (Å²) in [6.45, 7) is 0. The summed E-state index contributed by atoms with van der Waals surface area (Å²) in [5, 5.41) is 13.4. The average molecular weight is 329 g/mol. The van der Waals surface area contributed by atoms with Gasteiger partial charge >= 0.3 is 5.97 Å². The van der Waals surface area contributed by atoms with Crippen molar-refractivity contribution >= 4 is 34.8 Å². The van der Waals surface area contributed by atoms with E-state index in [1.165, 1.54) is 29.7 Å². The number of hydrogen-bond donors (Lipinski definition) is 2. The van der Waals surface area contributed by atoms with Gasteiger partial charge in [0.1, 0.15) is 10.8 Å². The normalized spacial score (nSPS) is 11.9. The quantitative estimate of drug-likeness (QED) is 0.884. The molecule has 8 heteroatoms. The number of halogens is 2. The number of hydrogen-bond acceptors (Lipinski definition) is 4. The molecular weight excluding hydrogens is 319 g/mol. The Morgan fingerprint density at radius 2 is 2.24 bits per heavy atom. The lowest BCUT2D eigenvalue weighted by Crippen LogP contribution is -2.31. The van der Waals surface area contributed by atoms with Crippen LogP contribution in [0.25, 0.3) is 0 Å². The van der Waals surface area contributed by atoms with Crippen LogP contribution in [0.1, 0.15) is 27.8 Å². The van der Waals surface area contributed by atoms with Crippen LogP contribution in [0.4, 0.5) is 4.39 Å². The van der Waals surface area contributed by atoms with E-state index in [2.05, 4.69) is 10.3 Å². The predicted molar refractivity (Wildman–Crippen MR) is 76.0 cm³/mol. The zero-order valence-corrected chi connectivity index (χ0v) is 12.1. The van der Waals surface area contributed by atoms with Crippen molar-refractivity contribution in [3.05, 3.63) is 51.2 Å². The second-order valence-corrected chi connectivity index (χ2v) is 5.42. The first-order valence-electron chi connectivity index (χ1n) is 5.85. The highest BCUT2D eigenvalue weighted by Gasteiger charge is 2.23. The molecule has 0 spiro atoms. The number of thiazole rings is 1.